The largest absolute Gasteiger partial charge is 0.478 e. The van der Waals surface area contributed by atoms with Crippen LogP contribution in [-0.4, -0.2) is 15.6 Å². The van der Waals surface area contributed by atoms with E-state index in [1.54, 1.807) is 6.08 Å². The number of carboxylic acid groups (broad SMARTS) is 1. The van der Waals surface area contributed by atoms with Gasteiger partial charge >= 0.3 is 5.97 Å². The number of aryl methyl sites for hydroxylation is 2. The van der Waals surface area contributed by atoms with E-state index in [0.29, 0.717) is 5.02 Å². The summed E-state index contributed by atoms with van der Waals surface area (Å²) in [4.78, 5) is 10.5. The lowest BCUT2D eigenvalue weighted by molar-refractivity contribution is -0.131. The maximum Gasteiger partial charge on any atom is 0.328 e. The van der Waals surface area contributed by atoms with Crippen molar-refractivity contribution in [2.75, 3.05) is 0 Å². The lowest BCUT2D eigenvalue weighted by Gasteiger charge is -2.02. The van der Waals surface area contributed by atoms with Crippen LogP contribution in [0, 0.1) is 6.92 Å². The fourth-order valence-corrected chi connectivity index (χ4v) is 2.15. The fraction of sp³-hybridized carbons (Fsp3) is 0.154. The van der Waals surface area contributed by atoms with Gasteiger partial charge in [0.2, 0.25) is 0 Å². The van der Waals surface area contributed by atoms with Crippen LogP contribution < -0.4 is 0 Å². The minimum Gasteiger partial charge on any atom is -0.478 e. The monoisotopic (exact) mass is 249 g/mol. The van der Waals surface area contributed by atoms with Crippen LogP contribution in [0.25, 0.3) is 17.0 Å². The Morgan fingerprint density at radius 2 is 2.18 bits per heavy atom. The molecule has 1 aromatic carbocycles. The number of rotatable bonds is 2. The first-order valence-electron chi connectivity index (χ1n) is 5.16. The average molecular weight is 250 g/mol. The first-order valence-corrected chi connectivity index (χ1v) is 5.53. The van der Waals surface area contributed by atoms with Crippen molar-refractivity contribution in [3.8, 4) is 0 Å². The van der Waals surface area contributed by atoms with Crippen molar-refractivity contribution >= 4 is 34.5 Å². The van der Waals surface area contributed by atoms with Gasteiger partial charge in [0.15, 0.2) is 0 Å². The number of carboxylic acids is 1. The van der Waals surface area contributed by atoms with E-state index < -0.39 is 5.97 Å². The van der Waals surface area contributed by atoms with E-state index in [-0.39, 0.29) is 0 Å². The van der Waals surface area contributed by atoms with Gasteiger partial charge in [-0.15, -0.1) is 0 Å². The van der Waals surface area contributed by atoms with Crippen molar-refractivity contribution in [3.63, 3.8) is 0 Å². The number of halogens is 1. The number of benzene rings is 1. The van der Waals surface area contributed by atoms with Crippen LogP contribution in [0.1, 0.15) is 11.1 Å². The topological polar surface area (TPSA) is 42.2 Å². The van der Waals surface area contributed by atoms with E-state index in [4.69, 9.17) is 16.7 Å². The van der Waals surface area contributed by atoms with Gasteiger partial charge < -0.3 is 9.67 Å². The molecule has 2 aromatic rings. The van der Waals surface area contributed by atoms with Gasteiger partial charge in [0.05, 0.1) is 5.52 Å². The van der Waals surface area contributed by atoms with E-state index in [2.05, 4.69) is 0 Å². The molecule has 0 amide bonds. The first-order chi connectivity index (χ1) is 8.00. The highest BCUT2D eigenvalue weighted by Crippen LogP contribution is 2.29. The molecule has 0 aliphatic rings. The SMILES string of the molecule is Cc1c(Cl)ccc2c(/C=C/C(=O)O)cn(C)c12. The molecule has 0 bridgehead atoms. The second-order valence-electron chi connectivity index (χ2n) is 3.94. The molecule has 0 radical (unpaired) electrons. The predicted octanol–water partition coefficient (Wildman–Crippen LogP) is 3.24. The van der Waals surface area contributed by atoms with Crippen LogP contribution in [0.4, 0.5) is 0 Å². The van der Waals surface area contributed by atoms with Crippen molar-refractivity contribution in [2.24, 2.45) is 7.05 Å². The predicted molar refractivity (Wildman–Crippen MR) is 69.3 cm³/mol. The Kier molecular flexibility index (Phi) is 2.94. The molecule has 3 nitrogen and oxygen atoms in total. The van der Waals surface area contributed by atoms with Crippen molar-refractivity contribution < 1.29 is 9.90 Å². The number of nitrogens with zero attached hydrogens (tertiary/aromatic N) is 1. The third kappa shape index (κ3) is 2.06. The van der Waals surface area contributed by atoms with E-state index in [0.717, 1.165) is 28.1 Å². The summed E-state index contributed by atoms with van der Waals surface area (Å²) < 4.78 is 1.96. The van der Waals surface area contributed by atoms with Crippen LogP contribution in [0.3, 0.4) is 0 Å². The molecule has 0 spiro atoms. The maximum atomic E-state index is 10.5. The fourth-order valence-electron chi connectivity index (χ4n) is 2.00. The van der Waals surface area contributed by atoms with Crippen LogP contribution >= 0.6 is 11.6 Å². The van der Waals surface area contributed by atoms with E-state index >= 15 is 0 Å². The van der Waals surface area contributed by atoms with Crippen molar-refractivity contribution in [1.29, 1.82) is 0 Å². The smallest absolute Gasteiger partial charge is 0.328 e. The van der Waals surface area contributed by atoms with Crippen molar-refractivity contribution in [2.45, 2.75) is 6.92 Å². The molecule has 4 heteroatoms. The molecule has 1 heterocycles. The summed E-state index contributed by atoms with van der Waals surface area (Å²) in [5, 5.41) is 10.4. The zero-order valence-corrected chi connectivity index (χ0v) is 10.3. The van der Waals surface area contributed by atoms with Gasteiger partial charge in [0.25, 0.3) is 0 Å². The minimum atomic E-state index is -0.951. The summed E-state index contributed by atoms with van der Waals surface area (Å²) in [6.45, 7) is 1.95. The molecule has 0 aliphatic heterocycles. The molecule has 1 N–H and O–H groups in total. The maximum absolute atomic E-state index is 10.5. The number of aliphatic carboxylic acids is 1. The van der Waals surface area contributed by atoms with Gasteiger partial charge in [-0.2, -0.15) is 0 Å². The molecule has 0 saturated heterocycles. The third-order valence-electron chi connectivity index (χ3n) is 2.77. The molecule has 17 heavy (non-hydrogen) atoms. The summed E-state index contributed by atoms with van der Waals surface area (Å²) in [5.41, 5.74) is 2.91. The Morgan fingerprint density at radius 1 is 1.47 bits per heavy atom. The number of hydrogen-bond acceptors (Lipinski definition) is 1. The van der Waals surface area contributed by atoms with Gasteiger partial charge in [-0.25, -0.2) is 4.79 Å². The highest BCUT2D eigenvalue weighted by Gasteiger charge is 2.09. The Labute approximate surface area is 104 Å². The quantitative estimate of drug-likeness (QED) is 0.831. The molecule has 0 aliphatic carbocycles. The lowest BCUT2D eigenvalue weighted by Crippen LogP contribution is -1.87. The molecule has 0 atom stereocenters. The van der Waals surface area contributed by atoms with Crippen molar-refractivity contribution in [1.82, 2.24) is 4.57 Å². The zero-order chi connectivity index (χ0) is 12.6. The Bertz CT molecular complexity index is 626. The van der Waals surface area contributed by atoms with Crippen LogP contribution in [0.5, 0.6) is 0 Å². The van der Waals surface area contributed by atoms with E-state index in [1.165, 1.54) is 0 Å². The molecule has 0 unspecified atom stereocenters. The second kappa shape index (κ2) is 4.26. The normalized spacial score (nSPS) is 11.5. The number of hydrogen-bond donors (Lipinski definition) is 1. The van der Waals surface area contributed by atoms with Crippen molar-refractivity contribution in [3.05, 3.63) is 40.6 Å². The molecule has 1 aromatic heterocycles. The van der Waals surface area contributed by atoms with Gasteiger partial charge in [0, 0.05) is 35.3 Å². The van der Waals surface area contributed by atoms with Gasteiger partial charge in [0.1, 0.15) is 0 Å². The van der Waals surface area contributed by atoms with Crippen LogP contribution in [-0.2, 0) is 11.8 Å². The molecule has 0 saturated carbocycles. The number of carbonyl (C=O) groups is 1. The second-order valence-corrected chi connectivity index (χ2v) is 4.34. The molecule has 88 valence electrons. The number of aromatic nitrogens is 1. The van der Waals surface area contributed by atoms with Crippen LogP contribution in [0.15, 0.2) is 24.4 Å². The summed E-state index contributed by atoms with van der Waals surface area (Å²) >= 11 is 6.07. The molecule has 0 fully saturated rings. The Balaban J connectivity index is 2.68. The summed E-state index contributed by atoms with van der Waals surface area (Å²) in [5.74, 6) is -0.951. The first kappa shape index (κ1) is 11.7. The molecular formula is C13H12ClNO2. The highest BCUT2D eigenvalue weighted by atomic mass is 35.5. The Morgan fingerprint density at radius 3 is 2.82 bits per heavy atom. The van der Waals surface area contributed by atoms with Gasteiger partial charge in [-0.1, -0.05) is 17.7 Å². The summed E-state index contributed by atoms with van der Waals surface area (Å²) in [7, 11) is 1.92. The lowest BCUT2D eigenvalue weighted by atomic mass is 10.1. The highest BCUT2D eigenvalue weighted by molar-refractivity contribution is 6.32. The molecular weight excluding hydrogens is 238 g/mol. The Hall–Kier alpha value is -1.74. The minimum absolute atomic E-state index is 0.715. The van der Waals surface area contributed by atoms with E-state index in [9.17, 15) is 4.79 Å². The third-order valence-corrected chi connectivity index (χ3v) is 3.18. The standard InChI is InChI=1S/C13H12ClNO2/c1-8-11(14)5-4-10-9(3-6-12(16)17)7-15(2)13(8)10/h3-7H,1-2H3,(H,16,17)/b6-3+. The average Bonchev–Trinajstić information content (AvgIpc) is 2.58. The van der Waals surface area contributed by atoms with Gasteiger partial charge in [-0.05, 0) is 24.6 Å². The molecule has 2 rings (SSSR count). The number of fused-ring (bicyclic) bond motifs is 1. The zero-order valence-electron chi connectivity index (χ0n) is 9.57. The summed E-state index contributed by atoms with van der Waals surface area (Å²) in [6, 6.07) is 3.74. The van der Waals surface area contributed by atoms with Crippen LogP contribution in [0.2, 0.25) is 5.02 Å². The summed E-state index contributed by atoms with van der Waals surface area (Å²) in [6.07, 6.45) is 4.63. The van der Waals surface area contributed by atoms with E-state index in [1.807, 2.05) is 36.9 Å². The van der Waals surface area contributed by atoms with Gasteiger partial charge in [-0.3, -0.25) is 0 Å².